The minimum atomic E-state index is -1.20. The molecule has 0 bridgehead atoms. The van der Waals surface area contributed by atoms with Gasteiger partial charge in [0.05, 0.1) is 12.2 Å². The fraction of sp³-hybridized carbons (Fsp3) is 0.167. The number of pyridine rings is 1. The monoisotopic (exact) mass is 323 g/mol. The minimum absolute atomic E-state index is 0.186. The number of rotatable bonds is 4. The number of carboxylic acids is 1. The largest absolute Gasteiger partial charge is 0.477 e. The Labute approximate surface area is 138 Å². The highest BCUT2D eigenvalue weighted by Crippen LogP contribution is 2.17. The van der Waals surface area contributed by atoms with Crippen LogP contribution in [0.25, 0.3) is 5.69 Å². The summed E-state index contributed by atoms with van der Waals surface area (Å²) >= 11 is 0. The standard InChI is InChI=1S/C18H17N3O3/c1-12-7-9-20(17(22)16(12)18(23)24)11-14-5-3-4-6-15(14)21-10-8-19-13(21)2/h3-10H,11H2,1-2H3,(H,23,24). The van der Waals surface area contributed by atoms with Gasteiger partial charge in [-0.2, -0.15) is 0 Å². The molecule has 0 radical (unpaired) electrons. The molecule has 1 N–H and O–H groups in total. The number of hydrogen-bond acceptors (Lipinski definition) is 3. The van der Waals surface area contributed by atoms with E-state index < -0.39 is 11.5 Å². The predicted molar refractivity (Wildman–Crippen MR) is 89.8 cm³/mol. The van der Waals surface area contributed by atoms with E-state index in [1.165, 1.54) is 4.57 Å². The van der Waals surface area contributed by atoms with Crippen molar-refractivity contribution in [2.24, 2.45) is 0 Å². The third-order valence-corrected chi connectivity index (χ3v) is 4.00. The number of aromatic carboxylic acids is 1. The predicted octanol–water partition coefficient (Wildman–Crippen LogP) is 2.40. The Kier molecular flexibility index (Phi) is 4.04. The molecule has 6 nitrogen and oxygen atoms in total. The van der Waals surface area contributed by atoms with Crippen molar-refractivity contribution in [2.75, 3.05) is 0 Å². The van der Waals surface area contributed by atoms with E-state index in [1.807, 2.05) is 42.0 Å². The maximum Gasteiger partial charge on any atom is 0.341 e. The molecule has 0 atom stereocenters. The number of benzene rings is 1. The maximum atomic E-state index is 12.5. The topological polar surface area (TPSA) is 77.1 Å². The van der Waals surface area contributed by atoms with Gasteiger partial charge < -0.3 is 14.2 Å². The number of nitrogens with zero attached hydrogens (tertiary/aromatic N) is 3. The normalized spacial score (nSPS) is 10.8. The van der Waals surface area contributed by atoms with Gasteiger partial charge in [-0.05, 0) is 37.1 Å². The first kappa shape index (κ1) is 15.7. The molecule has 0 saturated heterocycles. The molecule has 0 fully saturated rings. The average molecular weight is 323 g/mol. The van der Waals surface area contributed by atoms with Gasteiger partial charge in [-0.3, -0.25) is 4.79 Å². The van der Waals surface area contributed by atoms with Gasteiger partial charge in [0, 0.05) is 18.6 Å². The Morgan fingerprint density at radius 1 is 1.17 bits per heavy atom. The van der Waals surface area contributed by atoms with Gasteiger partial charge in [-0.1, -0.05) is 18.2 Å². The summed E-state index contributed by atoms with van der Waals surface area (Å²) in [5.41, 5.74) is 1.59. The summed E-state index contributed by atoms with van der Waals surface area (Å²) in [5.74, 6) is -0.365. The molecule has 0 unspecified atom stereocenters. The third kappa shape index (κ3) is 2.74. The van der Waals surface area contributed by atoms with Crippen LogP contribution in [0.5, 0.6) is 0 Å². The SMILES string of the molecule is Cc1ccn(Cc2ccccc2-n2ccnc2C)c(=O)c1C(=O)O. The molecule has 0 aliphatic heterocycles. The van der Waals surface area contributed by atoms with Crippen molar-refractivity contribution >= 4 is 5.97 Å². The number of para-hydroxylation sites is 1. The fourth-order valence-corrected chi connectivity index (χ4v) is 2.75. The van der Waals surface area contributed by atoms with Crippen molar-refractivity contribution in [1.29, 1.82) is 0 Å². The lowest BCUT2D eigenvalue weighted by atomic mass is 10.1. The smallest absolute Gasteiger partial charge is 0.341 e. The van der Waals surface area contributed by atoms with E-state index in [1.54, 1.807) is 25.4 Å². The fourth-order valence-electron chi connectivity index (χ4n) is 2.75. The van der Waals surface area contributed by atoms with Crippen molar-refractivity contribution < 1.29 is 9.90 Å². The van der Waals surface area contributed by atoms with E-state index in [4.69, 9.17) is 0 Å². The Balaban J connectivity index is 2.08. The molecule has 0 aliphatic carbocycles. The molecule has 3 aromatic rings. The van der Waals surface area contributed by atoms with Gasteiger partial charge in [0.15, 0.2) is 0 Å². The number of carbonyl (C=O) groups is 1. The van der Waals surface area contributed by atoms with Gasteiger partial charge in [0.2, 0.25) is 0 Å². The van der Waals surface area contributed by atoms with Crippen molar-refractivity contribution in [3.63, 3.8) is 0 Å². The summed E-state index contributed by atoms with van der Waals surface area (Å²) in [6, 6.07) is 9.32. The second-order valence-electron chi connectivity index (χ2n) is 5.59. The Bertz CT molecular complexity index is 970. The molecule has 24 heavy (non-hydrogen) atoms. The van der Waals surface area contributed by atoms with Crippen LogP contribution in [-0.4, -0.2) is 25.2 Å². The molecule has 3 rings (SSSR count). The highest BCUT2D eigenvalue weighted by molar-refractivity contribution is 5.88. The Morgan fingerprint density at radius 2 is 1.92 bits per heavy atom. The van der Waals surface area contributed by atoms with Crippen LogP contribution in [-0.2, 0) is 6.54 Å². The maximum absolute atomic E-state index is 12.5. The van der Waals surface area contributed by atoms with Gasteiger partial charge in [-0.25, -0.2) is 9.78 Å². The Morgan fingerprint density at radius 3 is 2.58 bits per heavy atom. The number of aromatic nitrogens is 3. The van der Waals surface area contributed by atoms with E-state index in [2.05, 4.69) is 4.98 Å². The molecule has 0 saturated carbocycles. The number of aryl methyl sites for hydroxylation is 2. The first-order valence-corrected chi connectivity index (χ1v) is 7.50. The number of hydrogen-bond donors (Lipinski definition) is 1. The summed E-state index contributed by atoms with van der Waals surface area (Å²) in [7, 11) is 0. The summed E-state index contributed by atoms with van der Waals surface area (Å²) in [6.45, 7) is 3.81. The summed E-state index contributed by atoms with van der Waals surface area (Å²) in [6.07, 6.45) is 5.20. The first-order chi connectivity index (χ1) is 11.5. The molecule has 1 aromatic carbocycles. The van der Waals surface area contributed by atoms with Crippen molar-refractivity contribution in [3.05, 3.63) is 81.8 Å². The van der Waals surface area contributed by atoms with Crippen LogP contribution >= 0.6 is 0 Å². The molecule has 0 amide bonds. The van der Waals surface area contributed by atoms with Crippen LogP contribution in [0, 0.1) is 13.8 Å². The van der Waals surface area contributed by atoms with Crippen LogP contribution in [0.2, 0.25) is 0 Å². The van der Waals surface area contributed by atoms with Crippen LogP contribution in [0.15, 0.2) is 53.7 Å². The zero-order chi connectivity index (χ0) is 17.3. The van der Waals surface area contributed by atoms with E-state index in [0.717, 1.165) is 17.1 Å². The molecule has 0 aliphatic rings. The van der Waals surface area contributed by atoms with Crippen LogP contribution in [0.4, 0.5) is 0 Å². The van der Waals surface area contributed by atoms with Gasteiger partial charge in [0.25, 0.3) is 5.56 Å². The van der Waals surface area contributed by atoms with Crippen LogP contribution < -0.4 is 5.56 Å². The summed E-state index contributed by atoms with van der Waals surface area (Å²) in [5, 5.41) is 9.25. The average Bonchev–Trinajstić information content (AvgIpc) is 2.96. The van der Waals surface area contributed by atoms with Gasteiger partial charge in [0.1, 0.15) is 11.4 Å². The highest BCUT2D eigenvalue weighted by Gasteiger charge is 2.15. The molecule has 122 valence electrons. The molecule has 2 aromatic heterocycles. The lowest BCUT2D eigenvalue weighted by Crippen LogP contribution is -2.27. The summed E-state index contributed by atoms with van der Waals surface area (Å²) in [4.78, 5) is 28.0. The zero-order valence-corrected chi connectivity index (χ0v) is 13.4. The first-order valence-electron chi connectivity index (χ1n) is 7.50. The highest BCUT2D eigenvalue weighted by atomic mass is 16.4. The van der Waals surface area contributed by atoms with Crippen molar-refractivity contribution in [3.8, 4) is 5.69 Å². The molecular formula is C18H17N3O3. The minimum Gasteiger partial charge on any atom is -0.477 e. The van der Waals surface area contributed by atoms with Crippen molar-refractivity contribution in [1.82, 2.24) is 14.1 Å². The van der Waals surface area contributed by atoms with E-state index in [-0.39, 0.29) is 12.1 Å². The van der Waals surface area contributed by atoms with Crippen LogP contribution in [0.1, 0.15) is 27.3 Å². The molecular weight excluding hydrogens is 306 g/mol. The molecule has 6 heteroatoms. The summed E-state index contributed by atoms with van der Waals surface area (Å²) < 4.78 is 3.36. The molecule has 0 spiro atoms. The van der Waals surface area contributed by atoms with E-state index in [9.17, 15) is 14.7 Å². The zero-order valence-electron chi connectivity index (χ0n) is 13.4. The van der Waals surface area contributed by atoms with Crippen molar-refractivity contribution in [2.45, 2.75) is 20.4 Å². The van der Waals surface area contributed by atoms with Gasteiger partial charge in [-0.15, -0.1) is 0 Å². The van der Waals surface area contributed by atoms with Crippen LogP contribution in [0.3, 0.4) is 0 Å². The van der Waals surface area contributed by atoms with E-state index >= 15 is 0 Å². The third-order valence-electron chi connectivity index (χ3n) is 4.00. The molecule has 2 heterocycles. The second-order valence-corrected chi connectivity index (χ2v) is 5.59. The second kappa shape index (κ2) is 6.16. The number of imidazole rings is 1. The van der Waals surface area contributed by atoms with Gasteiger partial charge >= 0.3 is 5.97 Å². The quantitative estimate of drug-likeness (QED) is 0.800. The number of carboxylic acid groups (broad SMARTS) is 1. The van der Waals surface area contributed by atoms with E-state index in [0.29, 0.717) is 5.56 Å². The lowest BCUT2D eigenvalue weighted by molar-refractivity contribution is 0.0693. The Hall–Kier alpha value is -3.15. The lowest BCUT2D eigenvalue weighted by Gasteiger charge is -2.14.